The van der Waals surface area contributed by atoms with Crippen LogP contribution in [0, 0.1) is 0 Å². The predicted octanol–water partition coefficient (Wildman–Crippen LogP) is 3.33. The van der Waals surface area contributed by atoms with Crippen molar-refractivity contribution in [3.05, 3.63) is 65.9 Å². The number of aromatic nitrogens is 5. The van der Waals surface area contributed by atoms with E-state index >= 15 is 0 Å². The van der Waals surface area contributed by atoms with E-state index in [2.05, 4.69) is 37.3 Å². The molecule has 7 heteroatoms. The smallest absolute Gasteiger partial charge is 0.0799 e. The van der Waals surface area contributed by atoms with Gasteiger partial charge in [0, 0.05) is 17.8 Å². The molecule has 0 bridgehead atoms. The molecule has 23 heavy (non-hydrogen) atoms. The number of anilines is 1. The van der Waals surface area contributed by atoms with Gasteiger partial charge in [0.1, 0.15) is 0 Å². The van der Waals surface area contributed by atoms with Gasteiger partial charge in [-0.15, -0.1) is 16.4 Å². The summed E-state index contributed by atoms with van der Waals surface area (Å²) in [6.45, 7) is 0.715. The first-order valence-electron chi connectivity index (χ1n) is 7.17. The summed E-state index contributed by atoms with van der Waals surface area (Å²) < 4.78 is 1.73. The van der Waals surface area contributed by atoms with Crippen LogP contribution < -0.4 is 5.32 Å². The maximum atomic E-state index is 4.16. The van der Waals surface area contributed by atoms with Gasteiger partial charge < -0.3 is 5.32 Å². The molecule has 0 aliphatic heterocycles. The molecule has 3 aromatic heterocycles. The van der Waals surface area contributed by atoms with Crippen LogP contribution in [0.5, 0.6) is 0 Å². The summed E-state index contributed by atoms with van der Waals surface area (Å²) in [7, 11) is 0. The highest BCUT2D eigenvalue weighted by atomic mass is 32.1. The largest absolute Gasteiger partial charge is 0.381 e. The Kier molecular flexibility index (Phi) is 3.61. The highest BCUT2D eigenvalue weighted by Crippen LogP contribution is 2.26. The van der Waals surface area contributed by atoms with E-state index in [0.29, 0.717) is 6.54 Å². The van der Waals surface area contributed by atoms with Gasteiger partial charge in [-0.25, -0.2) is 4.68 Å². The van der Waals surface area contributed by atoms with E-state index < -0.39 is 0 Å². The Morgan fingerprint density at radius 2 is 2.09 bits per heavy atom. The number of aromatic amines is 1. The Morgan fingerprint density at radius 3 is 2.83 bits per heavy atom. The van der Waals surface area contributed by atoms with Crippen molar-refractivity contribution in [1.29, 1.82) is 0 Å². The fraction of sp³-hybridized carbons (Fsp3) is 0.0625. The van der Waals surface area contributed by atoms with Crippen LogP contribution in [0.3, 0.4) is 0 Å². The molecule has 0 amide bonds. The summed E-state index contributed by atoms with van der Waals surface area (Å²) in [5.41, 5.74) is 4.25. The molecule has 3 heterocycles. The Balaban J connectivity index is 1.47. The monoisotopic (exact) mass is 322 g/mol. The van der Waals surface area contributed by atoms with E-state index in [9.17, 15) is 0 Å². The van der Waals surface area contributed by atoms with E-state index in [4.69, 9.17) is 0 Å². The van der Waals surface area contributed by atoms with Crippen molar-refractivity contribution in [2.45, 2.75) is 6.54 Å². The first-order valence-corrected chi connectivity index (χ1v) is 8.05. The zero-order valence-electron chi connectivity index (χ0n) is 12.2. The fourth-order valence-corrected chi connectivity index (χ4v) is 3.11. The summed E-state index contributed by atoms with van der Waals surface area (Å²) in [5.74, 6) is 0. The lowest BCUT2D eigenvalue weighted by Gasteiger charge is -2.07. The number of benzene rings is 1. The Hall–Kier alpha value is -2.93. The average Bonchev–Trinajstić information content (AvgIpc) is 3.34. The quantitative estimate of drug-likeness (QED) is 0.591. The van der Waals surface area contributed by atoms with Crippen LogP contribution in [0.25, 0.3) is 16.3 Å². The van der Waals surface area contributed by atoms with Crippen molar-refractivity contribution in [3.8, 4) is 16.3 Å². The first kappa shape index (κ1) is 13.7. The predicted molar refractivity (Wildman–Crippen MR) is 90.6 cm³/mol. The van der Waals surface area contributed by atoms with E-state index in [1.54, 1.807) is 22.2 Å². The number of H-pyrrole nitrogens is 1. The van der Waals surface area contributed by atoms with Gasteiger partial charge in [0.15, 0.2) is 0 Å². The number of rotatable bonds is 5. The average molecular weight is 322 g/mol. The van der Waals surface area contributed by atoms with Gasteiger partial charge >= 0.3 is 0 Å². The third-order valence-electron chi connectivity index (χ3n) is 3.52. The summed E-state index contributed by atoms with van der Waals surface area (Å²) in [6, 6.07) is 12.2. The third-order valence-corrected chi connectivity index (χ3v) is 4.41. The van der Waals surface area contributed by atoms with Crippen molar-refractivity contribution in [1.82, 2.24) is 25.2 Å². The van der Waals surface area contributed by atoms with Crippen LogP contribution in [-0.4, -0.2) is 25.2 Å². The molecule has 0 aliphatic carbocycles. The zero-order valence-corrected chi connectivity index (χ0v) is 13.0. The van der Waals surface area contributed by atoms with Crippen molar-refractivity contribution in [2.24, 2.45) is 0 Å². The van der Waals surface area contributed by atoms with Gasteiger partial charge in [-0.1, -0.05) is 11.3 Å². The Labute approximate surface area is 136 Å². The zero-order chi connectivity index (χ0) is 15.5. The minimum Gasteiger partial charge on any atom is -0.381 e. The van der Waals surface area contributed by atoms with Gasteiger partial charge in [-0.05, 0) is 35.7 Å². The molecule has 4 aromatic rings. The van der Waals surface area contributed by atoms with E-state index in [0.717, 1.165) is 22.6 Å². The molecule has 0 radical (unpaired) electrons. The van der Waals surface area contributed by atoms with Crippen molar-refractivity contribution in [3.63, 3.8) is 0 Å². The summed E-state index contributed by atoms with van der Waals surface area (Å²) in [6.07, 6.45) is 5.35. The molecule has 6 nitrogen and oxygen atoms in total. The van der Waals surface area contributed by atoms with Gasteiger partial charge in [0.25, 0.3) is 0 Å². The molecule has 114 valence electrons. The summed E-state index contributed by atoms with van der Waals surface area (Å²) >= 11 is 1.70. The first-order chi connectivity index (χ1) is 11.4. The maximum absolute atomic E-state index is 4.16. The molecule has 0 unspecified atom stereocenters. The van der Waals surface area contributed by atoms with Crippen LogP contribution in [0.2, 0.25) is 0 Å². The number of nitrogens with zero attached hydrogens (tertiary/aromatic N) is 4. The van der Waals surface area contributed by atoms with Crippen LogP contribution in [0.4, 0.5) is 5.69 Å². The van der Waals surface area contributed by atoms with Gasteiger partial charge in [-0.2, -0.15) is 5.10 Å². The van der Waals surface area contributed by atoms with Gasteiger partial charge in [0.2, 0.25) is 0 Å². The second kappa shape index (κ2) is 6.05. The summed E-state index contributed by atoms with van der Waals surface area (Å²) in [5, 5.41) is 20.5. The highest BCUT2D eigenvalue weighted by Gasteiger charge is 2.08. The molecule has 0 saturated carbocycles. The highest BCUT2D eigenvalue weighted by molar-refractivity contribution is 7.13. The van der Waals surface area contributed by atoms with Crippen molar-refractivity contribution >= 4 is 17.0 Å². The van der Waals surface area contributed by atoms with E-state index in [-0.39, 0.29) is 0 Å². The van der Waals surface area contributed by atoms with E-state index in [1.807, 2.05) is 42.7 Å². The number of hydrogen-bond acceptors (Lipinski definition) is 5. The van der Waals surface area contributed by atoms with Crippen LogP contribution >= 0.6 is 11.3 Å². The Morgan fingerprint density at radius 1 is 1.17 bits per heavy atom. The standard InChI is InChI=1S/C16H14N6S/c1-2-15(23-9-1)16-12(11-19-20-16)10-17-13-3-5-14(6-4-13)22-8-7-18-21-22/h1-9,11,17H,10H2,(H,19,20). The molecule has 1 aromatic carbocycles. The lowest BCUT2D eigenvalue weighted by molar-refractivity contribution is 0.803. The maximum Gasteiger partial charge on any atom is 0.0799 e. The lowest BCUT2D eigenvalue weighted by Crippen LogP contribution is -2.00. The molecule has 0 aliphatic rings. The number of thiophene rings is 1. The normalized spacial score (nSPS) is 10.8. The molecule has 2 N–H and O–H groups in total. The minimum atomic E-state index is 0.715. The molecular weight excluding hydrogens is 308 g/mol. The Bertz CT molecular complexity index is 862. The molecule has 0 spiro atoms. The van der Waals surface area contributed by atoms with Gasteiger partial charge in [-0.3, -0.25) is 5.10 Å². The van der Waals surface area contributed by atoms with Crippen LogP contribution in [0.1, 0.15) is 5.56 Å². The molecule has 4 rings (SSSR count). The number of hydrogen-bond donors (Lipinski definition) is 2. The molecule has 0 fully saturated rings. The second-order valence-electron chi connectivity index (χ2n) is 5.00. The van der Waals surface area contributed by atoms with E-state index in [1.165, 1.54) is 4.88 Å². The van der Waals surface area contributed by atoms with Crippen molar-refractivity contribution < 1.29 is 0 Å². The lowest BCUT2D eigenvalue weighted by atomic mass is 10.2. The number of nitrogens with one attached hydrogen (secondary N) is 2. The molecule has 0 atom stereocenters. The third kappa shape index (κ3) is 2.86. The summed E-state index contributed by atoms with van der Waals surface area (Å²) in [4.78, 5) is 1.20. The van der Waals surface area contributed by atoms with Crippen molar-refractivity contribution in [2.75, 3.05) is 5.32 Å². The van der Waals surface area contributed by atoms with Crippen LogP contribution in [0.15, 0.2) is 60.4 Å². The van der Waals surface area contributed by atoms with Crippen LogP contribution in [-0.2, 0) is 6.54 Å². The SMILES string of the molecule is c1csc(-c2[nH]ncc2CNc2ccc(-n3ccnn3)cc2)c1. The molecular formula is C16H14N6S. The fourth-order valence-electron chi connectivity index (χ4n) is 2.35. The topological polar surface area (TPSA) is 71.4 Å². The minimum absolute atomic E-state index is 0.715. The van der Waals surface area contributed by atoms with Gasteiger partial charge in [0.05, 0.1) is 34.8 Å². The second-order valence-corrected chi connectivity index (χ2v) is 5.94. The molecule has 0 saturated heterocycles.